The molecule has 3 aliphatic rings. The molecule has 3 N–H and O–H groups in total. The molecule has 8 rings (SSSR count). The normalized spacial score (nSPS) is 18.2. The van der Waals surface area contributed by atoms with Crippen LogP contribution in [0.25, 0.3) is 5.65 Å². The van der Waals surface area contributed by atoms with Gasteiger partial charge < -0.3 is 58.7 Å². The number of fused-ring (bicyclic) bond motifs is 1. The van der Waals surface area contributed by atoms with Crippen LogP contribution < -0.4 is 29.9 Å². The van der Waals surface area contributed by atoms with E-state index in [9.17, 15) is 9.90 Å². The molecule has 21 heteroatoms. The second-order valence-electron chi connectivity index (χ2n) is 18.9. The molecule has 4 aromatic heterocycles. The van der Waals surface area contributed by atoms with E-state index in [1.54, 1.807) is 24.3 Å². The monoisotopic (exact) mass is 1050 g/mol. The first kappa shape index (κ1) is 55.3. The maximum absolute atomic E-state index is 13.0. The summed E-state index contributed by atoms with van der Waals surface area (Å²) in [4.78, 5) is 27.0. The number of nitrogens with one attached hydrogen (secondary N) is 2. The summed E-state index contributed by atoms with van der Waals surface area (Å²) < 4.78 is 42.5. The molecule has 2 saturated heterocycles. The van der Waals surface area contributed by atoms with E-state index in [4.69, 9.17) is 55.0 Å². The third kappa shape index (κ3) is 16.5. The first-order valence-electron chi connectivity index (χ1n) is 26.6. The van der Waals surface area contributed by atoms with E-state index in [0.29, 0.717) is 101 Å². The summed E-state index contributed by atoms with van der Waals surface area (Å²) in [5.74, 6) is 3.48. The fourth-order valence-corrected chi connectivity index (χ4v) is 9.82. The number of rotatable bonds is 29. The average molecular weight is 1050 g/mol. The average Bonchev–Trinajstić information content (AvgIpc) is 3.87. The number of anilines is 3. The van der Waals surface area contributed by atoms with Crippen molar-refractivity contribution in [2.24, 2.45) is 0 Å². The molecule has 1 aliphatic carbocycles. The SMILES string of the molecule is CCc1cnn2c(NCc3ccc(OCCOCCOCCOCCOCCOC4CCN(c5ccc(C(=O)NC6CCC(Oc7ccc(C#N)c(Cl)c7)CC6)nn5)CC4)nc3)cc(N3CCCCC3CCO)nc12. The Morgan fingerprint density at radius 2 is 1.55 bits per heavy atom. The van der Waals surface area contributed by atoms with Gasteiger partial charge in [-0.2, -0.15) is 14.9 Å². The number of halogens is 1. The standard InChI is InChI=1S/C54H72ClN11O9/c1-2-40-38-59-66-50(34-51(61-53(40)66)65-19-4-3-5-43(65)18-22-67)57-36-39-6-15-52(58-37-39)74-32-30-72-28-26-70-24-23-69-25-27-71-29-31-73-44-16-20-64(21-17-44)49-14-13-48(62-63-49)54(68)60-42-8-11-45(12-9-42)75-46-10-7-41(35-56)47(55)33-46/h6-7,10,13-15,33-34,37-38,42-45,57,67H,2-5,8-9,11-12,16-32,36H2,1H3,(H,60,68). The number of hydrogen-bond donors (Lipinski definition) is 3. The highest BCUT2D eigenvalue weighted by Crippen LogP contribution is 2.30. The van der Waals surface area contributed by atoms with Crippen LogP contribution in [0.5, 0.6) is 11.6 Å². The summed E-state index contributed by atoms with van der Waals surface area (Å²) in [5, 5.41) is 39.1. The zero-order valence-electron chi connectivity index (χ0n) is 43.1. The number of hydrogen-bond acceptors (Lipinski definition) is 18. The zero-order valence-corrected chi connectivity index (χ0v) is 43.8. The van der Waals surface area contributed by atoms with Crippen molar-refractivity contribution in [2.75, 3.05) is 107 Å². The van der Waals surface area contributed by atoms with Crippen molar-refractivity contribution in [3.8, 4) is 17.7 Å². The van der Waals surface area contributed by atoms with E-state index in [2.05, 4.69) is 59.8 Å². The first-order chi connectivity index (χ1) is 36.9. The van der Waals surface area contributed by atoms with Crippen LogP contribution in [0.15, 0.2) is 60.9 Å². The predicted molar refractivity (Wildman–Crippen MR) is 283 cm³/mol. The van der Waals surface area contributed by atoms with E-state index in [-0.39, 0.29) is 36.8 Å². The number of amides is 1. The minimum atomic E-state index is -0.228. The van der Waals surface area contributed by atoms with Crippen LogP contribution in [-0.2, 0) is 36.6 Å². The molecule has 1 atom stereocenters. The summed E-state index contributed by atoms with van der Waals surface area (Å²) in [6.07, 6.45) is 13.7. The molecule has 6 heterocycles. The molecular weight excluding hydrogens is 982 g/mol. The molecule has 75 heavy (non-hydrogen) atoms. The molecule has 2 aliphatic heterocycles. The fraction of sp³-hybridized carbons (Fsp3) is 0.574. The van der Waals surface area contributed by atoms with E-state index in [1.807, 2.05) is 35.1 Å². The Kier molecular flexibility index (Phi) is 21.7. The summed E-state index contributed by atoms with van der Waals surface area (Å²) in [7, 11) is 0. The van der Waals surface area contributed by atoms with Crippen molar-refractivity contribution >= 4 is 40.6 Å². The van der Waals surface area contributed by atoms with E-state index < -0.39 is 0 Å². The van der Waals surface area contributed by atoms with Gasteiger partial charge in [-0.05, 0) is 100 Å². The number of piperidine rings is 2. The number of aliphatic hydroxyl groups excluding tert-OH is 1. The van der Waals surface area contributed by atoms with Crippen LogP contribution in [0.4, 0.5) is 17.5 Å². The Bertz CT molecular complexity index is 2550. The van der Waals surface area contributed by atoms with Crippen molar-refractivity contribution in [1.82, 2.24) is 35.1 Å². The minimum absolute atomic E-state index is 0.0235. The first-order valence-corrected chi connectivity index (χ1v) is 27.0. The highest BCUT2D eigenvalue weighted by atomic mass is 35.5. The Morgan fingerprint density at radius 3 is 2.21 bits per heavy atom. The highest BCUT2D eigenvalue weighted by Gasteiger charge is 2.27. The Labute approximate surface area is 444 Å². The summed E-state index contributed by atoms with van der Waals surface area (Å²) in [6.45, 7) is 9.94. The molecule has 1 aromatic carbocycles. The number of carbonyl (C=O) groups is 1. The van der Waals surface area contributed by atoms with Gasteiger partial charge in [0.1, 0.15) is 30.1 Å². The van der Waals surface area contributed by atoms with Gasteiger partial charge in [-0.15, -0.1) is 10.2 Å². The van der Waals surface area contributed by atoms with Crippen LogP contribution in [0.2, 0.25) is 5.02 Å². The molecule has 0 bridgehead atoms. The van der Waals surface area contributed by atoms with Crippen molar-refractivity contribution in [3.05, 3.63) is 88.3 Å². The molecule has 1 saturated carbocycles. The second-order valence-corrected chi connectivity index (χ2v) is 19.3. The van der Waals surface area contributed by atoms with E-state index in [1.165, 1.54) is 6.42 Å². The number of nitrogens with zero attached hydrogens (tertiary/aromatic N) is 9. The van der Waals surface area contributed by atoms with Crippen LogP contribution >= 0.6 is 11.6 Å². The van der Waals surface area contributed by atoms with Crippen molar-refractivity contribution < 1.29 is 43.1 Å². The van der Waals surface area contributed by atoms with Gasteiger partial charge in [-0.1, -0.05) is 24.6 Å². The van der Waals surface area contributed by atoms with Gasteiger partial charge in [0, 0.05) is 74.8 Å². The lowest BCUT2D eigenvalue weighted by atomic mass is 9.93. The van der Waals surface area contributed by atoms with Gasteiger partial charge in [0.25, 0.3) is 5.91 Å². The van der Waals surface area contributed by atoms with Crippen molar-refractivity contribution in [2.45, 2.75) is 108 Å². The molecular formula is C54H72ClN11O9. The van der Waals surface area contributed by atoms with Crippen LogP contribution in [0.1, 0.15) is 98.3 Å². The van der Waals surface area contributed by atoms with Crippen molar-refractivity contribution in [1.29, 1.82) is 5.26 Å². The van der Waals surface area contributed by atoms with Crippen molar-refractivity contribution in [3.63, 3.8) is 0 Å². The molecule has 1 unspecified atom stereocenters. The number of carbonyl (C=O) groups excluding carboxylic acids is 1. The predicted octanol–water partition coefficient (Wildman–Crippen LogP) is 6.61. The van der Waals surface area contributed by atoms with E-state index in [0.717, 1.165) is 118 Å². The number of benzene rings is 1. The number of aryl methyl sites for hydroxylation is 1. The number of aliphatic hydroxyl groups is 1. The summed E-state index contributed by atoms with van der Waals surface area (Å²) in [6, 6.07) is 17.0. The number of ether oxygens (including phenoxy) is 7. The maximum atomic E-state index is 13.0. The quantitative estimate of drug-likeness (QED) is 0.0429. The highest BCUT2D eigenvalue weighted by molar-refractivity contribution is 6.31. The fourth-order valence-electron chi connectivity index (χ4n) is 9.61. The lowest BCUT2D eigenvalue weighted by Gasteiger charge is -2.36. The van der Waals surface area contributed by atoms with Gasteiger partial charge in [0.2, 0.25) is 5.88 Å². The molecule has 5 aromatic rings. The summed E-state index contributed by atoms with van der Waals surface area (Å²) in [5.41, 5.74) is 3.67. The van der Waals surface area contributed by atoms with Gasteiger partial charge in [-0.25, -0.2) is 9.97 Å². The van der Waals surface area contributed by atoms with E-state index >= 15 is 0 Å². The zero-order chi connectivity index (χ0) is 52.0. The third-order valence-corrected chi connectivity index (χ3v) is 14.1. The van der Waals surface area contributed by atoms with Crippen LogP contribution in [0.3, 0.4) is 0 Å². The molecule has 404 valence electrons. The molecule has 1 amide bonds. The lowest BCUT2D eigenvalue weighted by Crippen LogP contribution is -2.40. The Hall–Kier alpha value is -5.92. The third-order valence-electron chi connectivity index (χ3n) is 13.8. The smallest absolute Gasteiger partial charge is 0.272 e. The molecule has 0 spiro atoms. The Morgan fingerprint density at radius 1 is 0.800 bits per heavy atom. The molecule has 3 fully saturated rings. The maximum Gasteiger partial charge on any atom is 0.272 e. The topological polar surface area (TPSA) is 225 Å². The Balaban J connectivity index is 0.596. The lowest BCUT2D eigenvalue weighted by molar-refractivity contribution is -0.0273. The van der Waals surface area contributed by atoms with Crippen LogP contribution in [-0.4, -0.2) is 157 Å². The van der Waals surface area contributed by atoms with Gasteiger partial charge in [-0.3, -0.25) is 4.79 Å². The van der Waals surface area contributed by atoms with Gasteiger partial charge in [0.05, 0.1) is 88.5 Å². The number of aromatic nitrogens is 6. The van der Waals surface area contributed by atoms with Crippen LogP contribution in [0, 0.1) is 11.3 Å². The minimum Gasteiger partial charge on any atom is -0.490 e. The second kappa shape index (κ2) is 29.4. The number of nitriles is 1. The molecule has 20 nitrogen and oxygen atoms in total. The van der Waals surface area contributed by atoms with Gasteiger partial charge >= 0.3 is 0 Å². The largest absolute Gasteiger partial charge is 0.490 e. The number of pyridine rings is 1. The van der Waals surface area contributed by atoms with Gasteiger partial charge in [0.15, 0.2) is 17.2 Å². The molecule has 0 radical (unpaired) electrons. The summed E-state index contributed by atoms with van der Waals surface area (Å²) >= 11 is 6.15.